The minimum absolute atomic E-state index is 0.357. The summed E-state index contributed by atoms with van der Waals surface area (Å²) in [4.78, 5) is 14.3. The van der Waals surface area contributed by atoms with Crippen LogP contribution in [0.3, 0.4) is 0 Å². The Bertz CT molecular complexity index is 448. The monoisotopic (exact) mass is 271 g/mol. The van der Waals surface area contributed by atoms with Gasteiger partial charge in [0.2, 0.25) is 5.91 Å². The summed E-state index contributed by atoms with van der Waals surface area (Å²) in [5.74, 6) is 2.23. The Hall–Kier alpha value is -1.31. The molecule has 0 radical (unpaired) electrons. The van der Waals surface area contributed by atoms with Crippen molar-refractivity contribution in [3.8, 4) is 0 Å². The average molecular weight is 271 g/mol. The lowest BCUT2D eigenvalue weighted by molar-refractivity contribution is -0.134. The standard InChI is InChI=1S/C18H25NO/c1-14-13-17(14)18(20)19-11-9-16(10-12-19)8-7-15-5-3-2-4-6-15/h2-6,14,16-17H,7-13H2,1H3/t14-,17+/m0/s1. The second kappa shape index (κ2) is 5.99. The zero-order chi connectivity index (χ0) is 13.9. The van der Waals surface area contributed by atoms with Crippen molar-refractivity contribution in [3.05, 3.63) is 35.9 Å². The number of nitrogens with zero attached hydrogens (tertiary/aromatic N) is 1. The average Bonchev–Trinajstić information content (AvgIpc) is 3.23. The molecule has 0 bridgehead atoms. The summed E-state index contributed by atoms with van der Waals surface area (Å²) in [5, 5.41) is 0. The number of carbonyl (C=O) groups is 1. The van der Waals surface area contributed by atoms with Gasteiger partial charge in [-0.25, -0.2) is 0 Å². The third kappa shape index (κ3) is 3.23. The lowest BCUT2D eigenvalue weighted by Gasteiger charge is -2.32. The number of aryl methyl sites for hydroxylation is 1. The van der Waals surface area contributed by atoms with Crippen LogP contribution in [0.15, 0.2) is 30.3 Å². The summed E-state index contributed by atoms with van der Waals surface area (Å²) in [6, 6.07) is 10.7. The van der Waals surface area contributed by atoms with Gasteiger partial charge in [0.1, 0.15) is 0 Å². The first-order valence-corrected chi connectivity index (χ1v) is 8.07. The van der Waals surface area contributed by atoms with Crippen molar-refractivity contribution in [2.24, 2.45) is 17.8 Å². The van der Waals surface area contributed by atoms with Gasteiger partial charge in [-0.3, -0.25) is 4.79 Å². The molecule has 0 spiro atoms. The molecule has 2 nitrogen and oxygen atoms in total. The van der Waals surface area contributed by atoms with Crippen molar-refractivity contribution in [2.75, 3.05) is 13.1 Å². The number of hydrogen-bond acceptors (Lipinski definition) is 1. The van der Waals surface area contributed by atoms with Crippen LogP contribution >= 0.6 is 0 Å². The number of piperidine rings is 1. The molecule has 0 N–H and O–H groups in total. The fourth-order valence-corrected chi connectivity index (χ4v) is 3.36. The highest BCUT2D eigenvalue weighted by atomic mass is 16.2. The van der Waals surface area contributed by atoms with Gasteiger partial charge in [0.05, 0.1) is 0 Å². The maximum Gasteiger partial charge on any atom is 0.225 e. The Balaban J connectivity index is 1.41. The van der Waals surface area contributed by atoms with Crippen molar-refractivity contribution < 1.29 is 4.79 Å². The molecule has 1 aliphatic heterocycles. The topological polar surface area (TPSA) is 20.3 Å². The quantitative estimate of drug-likeness (QED) is 0.820. The lowest BCUT2D eigenvalue weighted by Crippen LogP contribution is -2.39. The first kappa shape index (κ1) is 13.7. The van der Waals surface area contributed by atoms with Crippen LogP contribution in [0.25, 0.3) is 0 Å². The SMILES string of the molecule is C[C@H]1C[C@H]1C(=O)N1CCC(CCc2ccccc2)CC1. The molecule has 1 saturated carbocycles. The number of amides is 1. The van der Waals surface area contributed by atoms with Gasteiger partial charge < -0.3 is 4.90 Å². The lowest BCUT2D eigenvalue weighted by atomic mass is 9.90. The van der Waals surface area contributed by atoms with E-state index in [1.54, 1.807) is 0 Å². The van der Waals surface area contributed by atoms with Gasteiger partial charge in [0.25, 0.3) is 0 Å². The molecule has 2 heteroatoms. The highest BCUT2D eigenvalue weighted by molar-refractivity contribution is 5.81. The minimum atomic E-state index is 0.357. The van der Waals surface area contributed by atoms with E-state index in [4.69, 9.17) is 0 Å². The second-order valence-corrected chi connectivity index (χ2v) is 6.61. The summed E-state index contributed by atoms with van der Waals surface area (Å²) >= 11 is 0. The van der Waals surface area contributed by atoms with Gasteiger partial charge in [-0.2, -0.15) is 0 Å². The van der Waals surface area contributed by atoms with E-state index in [-0.39, 0.29) is 0 Å². The van der Waals surface area contributed by atoms with Crippen LogP contribution in [0, 0.1) is 17.8 Å². The molecule has 2 atom stereocenters. The van der Waals surface area contributed by atoms with Crippen molar-refractivity contribution in [3.63, 3.8) is 0 Å². The highest BCUT2D eigenvalue weighted by Gasteiger charge is 2.41. The minimum Gasteiger partial charge on any atom is -0.342 e. The smallest absolute Gasteiger partial charge is 0.225 e. The van der Waals surface area contributed by atoms with Crippen LogP contribution in [0.5, 0.6) is 0 Å². The molecular formula is C18H25NO. The number of benzene rings is 1. The van der Waals surface area contributed by atoms with E-state index in [9.17, 15) is 4.79 Å². The number of carbonyl (C=O) groups excluding carboxylic acids is 1. The molecular weight excluding hydrogens is 246 g/mol. The molecule has 108 valence electrons. The van der Waals surface area contributed by atoms with Gasteiger partial charge in [-0.05, 0) is 49.5 Å². The van der Waals surface area contributed by atoms with Crippen LogP contribution in [0.1, 0.15) is 38.2 Å². The molecule has 1 aromatic carbocycles. The van der Waals surface area contributed by atoms with E-state index in [1.807, 2.05) is 0 Å². The molecule has 1 aromatic rings. The van der Waals surface area contributed by atoms with Crippen LogP contribution < -0.4 is 0 Å². The van der Waals surface area contributed by atoms with Gasteiger partial charge >= 0.3 is 0 Å². The third-order valence-corrected chi connectivity index (χ3v) is 5.04. The Kier molecular flexibility index (Phi) is 4.09. The van der Waals surface area contributed by atoms with Crippen LogP contribution in [-0.2, 0) is 11.2 Å². The predicted molar refractivity (Wildman–Crippen MR) is 81.3 cm³/mol. The van der Waals surface area contributed by atoms with E-state index < -0.39 is 0 Å². The summed E-state index contributed by atoms with van der Waals surface area (Å²) in [6.45, 7) is 4.16. The Morgan fingerprint density at radius 2 is 1.85 bits per heavy atom. The summed E-state index contributed by atoms with van der Waals surface area (Å²) in [7, 11) is 0. The van der Waals surface area contributed by atoms with Crippen LogP contribution in [-0.4, -0.2) is 23.9 Å². The Morgan fingerprint density at radius 3 is 2.45 bits per heavy atom. The van der Waals surface area contributed by atoms with Crippen LogP contribution in [0.2, 0.25) is 0 Å². The Labute approximate surface area is 122 Å². The fourth-order valence-electron chi connectivity index (χ4n) is 3.36. The first-order valence-electron chi connectivity index (χ1n) is 8.07. The number of likely N-dealkylation sites (tertiary alicyclic amines) is 1. The predicted octanol–water partition coefficient (Wildman–Crippen LogP) is 3.51. The summed E-state index contributed by atoms with van der Waals surface area (Å²) in [5.41, 5.74) is 1.44. The first-order chi connectivity index (χ1) is 9.74. The Morgan fingerprint density at radius 1 is 1.20 bits per heavy atom. The zero-order valence-corrected chi connectivity index (χ0v) is 12.4. The van der Waals surface area contributed by atoms with Crippen molar-refractivity contribution in [1.29, 1.82) is 0 Å². The van der Waals surface area contributed by atoms with Gasteiger partial charge in [0, 0.05) is 19.0 Å². The normalized spacial score (nSPS) is 26.6. The fraction of sp³-hybridized carbons (Fsp3) is 0.611. The molecule has 1 saturated heterocycles. The molecule has 3 rings (SSSR count). The second-order valence-electron chi connectivity index (χ2n) is 6.61. The van der Waals surface area contributed by atoms with Crippen molar-refractivity contribution >= 4 is 5.91 Å². The molecule has 0 aromatic heterocycles. The van der Waals surface area contributed by atoms with Crippen molar-refractivity contribution in [1.82, 2.24) is 4.90 Å². The maximum absolute atomic E-state index is 12.2. The van der Waals surface area contributed by atoms with Gasteiger partial charge in [-0.15, -0.1) is 0 Å². The van der Waals surface area contributed by atoms with Gasteiger partial charge in [0.15, 0.2) is 0 Å². The van der Waals surface area contributed by atoms with E-state index in [2.05, 4.69) is 42.2 Å². The molecule has 1 aliphatic carbocycles. The molecule has 2 aliphatic rings. The van der Waals surface area contributed by atoms with E-state index >= 15 is 0 Å². The van der Waals surface area contributed by atoms with E-state index in [1.165, 1.54) is 31.2 Å². The third-order valence-electron chi connectivity index (χ3n) is 5.04. The number of rotatable bonds is 4. The highest BCUT2D eigenvalue weighted by Crippen LogP contribution is 2.40. The molecule has 2 fully saturated rings. The zero-order valence-electron chi connectivity index (χ0n) is 12.4. The molecule has 0 unspecified atom stereocenters. The maximum atomic E-state index is 12.2. The molecule has 20 heavy (non-hydrogen) atoms. The number of hydrogen-bond donors (Lipinski definition) is 0. The van der Waals surface area contributed by atoms with E-state index in [0.29, 0.717) is 17.7 Å². The van der Waals surface area contributed by atoms with Crippen LogP contribution in [0.4, 0.5) is 0 Å². The van der Waals surface area contributed by atoms with Gasteiger partial charge in [-0.1, -0.05) is 37.3 Å². The molecule has 1 heterocycles. The van der Waals surface area contributed by atoms with Crippen molar-refractivity contribution in [2.45, 2.75) is 39.0 Å². The summed E-state index contributed by atoms with van der Waals surface area (Å²) < 4.78 is 0. The molecule has 1 amide bonds. The largest absolute Gasteiger partial charge is 0.342 e. The summed E-state index contributed by atoms with van der Waals surface area (Å²) in [6.07, 6.45) is 5.96. The van der Waals surface area contributed by atoms with E-state index in [0.717, 1.165) is 25.4 Å².